The van der Waals surface area contributed by atoms with Crippen LogP contribution in [0.25, 0.3) is 5.52 Å². The fourth-order valence-corrected chi connectivity index (χ4v) is 3.11. The molecule has 2 heterocycles. The summed E-state index contributed by atoms with van der Waals surface area (Å²) < 4.78 is 26.3. The number of aromatic nitrogens is 1. The SMILES string of the molecule is CCOC(=O)c1cc2cccn2c(C(C)OCc2ccc(F)cc2)c1C. The fourth-order valence-electron chi connectivity index (χ4n) is 3.11. The molecule has 0 spiro atoms. The zero-order chi connectivity index (χ0) is 18.7. The summed E-state index contributed by atoms with van der Waals surface area (Å²) in [5.74, 6) is -0.602. The van der Waals surface area contributed by atoms with Gasteiger partial charge in [-0.15, -0.1) is 0 Å². The first-order valence-electron chi connectivity index (χ1n) is 8.65. The number of carbonyl (C=O) groups is 1. The Labute approximate surface area is 152 Å². The van der Waals surface area contributed by atoms with E-state index < -0.39 is 0 Å². The van der Waals surface area contributed by atoms with E-state index >= 15 is 0 Å². The minimum Gasteiger partial charge on any atom is -0.462 e. The molecule has 0 saturated carbocycles. The van der Waals surface area contributed by atoms with E-state index in [0.29, 0.717) is 18.8 Å². The smallest absolute Gasteiger partial charge is 0.338 e. The van der Waals surface area contributed by atoms with Crippen LogP contribution in [0.15, 0.2) is 48.7 Å². The van der Waals surface area contributed by atoms with E-state index in [1.165, 1.54) is 12.1 Å². The molecule has 3 rings (SSSR count). The van der Waals surface area contributed by atoms with Crippen molar-refractivity contribution in [3.63, 3.8) is 0 Å². The molecule has 1 unspecified atom stereocenters. The molecule has 0 bridgehead atoms. The van der Waals surface area contributed by atoms with Crippen LogP contribution in [0.3, 0.4) is 0 Å². The normalized spacial score (nSPS) is 12.3. The molecule has 3 aromatic rings. The minimum absolute atomic E-state index is 0.260. The molecule has 4 nitrogen and oxygen atoms in total. The Morgan fingerprint density at radius 1 is 1.23 bits per heavy atom. The molecule has 0 N–H and O–H groups in total. The summed E-state index contributed by atoms with van der Waals surface area (Å²) in [4.78, 5) is 12.3. The summed E-state index contributed by atoms with van der Waals surface area (Å²) in [6.07, 6.45) is 1.69. The first-order chi connectivity index (χ1) is 12.5. The standard InChI is InChI=1S/C21H22FNO3/c1-4-25-21(24)19-12-18-6-5-11-23(18)20(14(19)2)15(3)26-13-16-7-9-17(22)10-8-16/h5-12,15H,4,13H2,1-3H3. The molecule has 0 aliphatic rings. The first kappa shape index (κ1) is 18.1. The van der Waals surface area contributed by atoms with Gasteiger partial charge in [0.2, 0.25) is 0 Å². The molecule has 0 aliphatic carbocycles. The van der Waals surface area contributed by atoms with Crippen LogP contribution in [0.2, 0.25) is 0 Å². The summed E-state index contributed by atoms with van der Waals surface area (Å²) in [7, 11) is 0. The Hall–Kier alpha value is -2.66. The summed E-state index contributed by atoms with van der Waals surface area (Å²) in [6.45, 7) is 6.32. The van der Waals surface area contributed by atoms with Crippen molar-refractivity contribution in [2.45, 2.75) is 33.5 Å². The van der Waals surface area contributed by atoms with E-state index in [0.717, 1.165) is 22.3 Å². The molecule has 26 heavy (non-hydrogen) atoms. The summed E-state index contributed by atoms with van der Waals surface area (Å²) in [5.41, 5.74) is 4.08. The third-order valence-electron chi connectivity index (χ3n) is 4.41. The lowest BCUT2D eigenvalue weighted by atomic mass is 10.0. The van der Waals surface area contributed by atoms with Crippen LogP contribution in [0.1, 0.15) is 47.1 Å². The highest BCUT2D eigenvalue weighted by Crippen LogP contribution is 2.27. The van der Waals surface area contributed by atoms with Crippen molar-refractivity contribution in [2.24, 2.45) is 0 Å². The Balaban J connectivity index is 1.91. The van der Waals surface area contributed by atoms with Crippen molar-refractivity contribution in [1.82, 2.24) is 4.40 Å². The van der Waals surface area contributed by atoms with Crippen molar-refractivity contribution >= 4 is 11.5 Å². The maximum atomic E-state index is 13.0. The Morgan fingerprint density at radius 2 is 1.96 bits per heavy atom. The van der Waals surface area contributed by atoms with Gasteiger partial charge in [0.05, 0.1) is 30.6 Å². The lowest BCUT2D eigenvalue weighted by Gasteiger charge is -2.20. The van der Waals surface area contributed by atoms with Gasteiger partial charge in [-0.1, -0.05) is 12.1 Å². The number of halogens is 1. The maximum absolute atomic E-state index is 13.0. The number of esters is 1. The molecule has 1 atom stereocenters. The maximum Gasteiger partial charge on any atom is 0.338 e. The predicted octanol–water partition coefficient (Wildman–Crippen LogP) is 4.84. The predicted molar refractivity (Wildman–Crippen MR) is 97.7 cm³/mol. The molecule has 0 saturated heterocycles. The number of ether oxygens (including phenoxy) is 2. The molecule has 5 heteroatoms. The van der Waals surface area contributed by atoms with Gasteiger partial charge in [-0.05, 0) is 62.2 Å². The highest BCUT2D eigenvalue weighted by atomic mass is 19.1. The van der Waals surface area contributed by atoms with Gasteiger partial charge < -0.3 is 13.9 Å². The van der Waals surface area contributed by atoms with Gasteiger partial charge in [-0.2, -0.15) is 0 Å². The Bertz CT molecular complexity index is 915. The molecule has 136 valence electrons. The molecule has 0 aliphatic heterocycles. The average Bonchev–Trinajstić information content (AvgIpc) is 3.08. The molecule has 0 fully saturated rings. The Kier molecular flexibility index (Phi) is 5.38. The van der Waals surface area contributed by atoms with E-state index in [4.69, 9.17) is 9.47 Å². The highest BCUT2D eigenvalue weighted by Gasteiger charge is 2.20. The van der Waals surface area contributed by atoms with Crippen molar-refractivity contribution in [1.29, 1.82) is 0 Å². The van der Waals surface area contributed by atoms with Gasteiger partial charge in [-0.3, -0.25) is 0 Å². The molecular formula is C21H22FNO3. The third-order valence-corrected chi connectivity index (χ3v) is 4.41. The largest absolute Gasteiger partial charge is 0.462 e. The third kappa shape index (κ3) is 3.63. The van der Waals surface area contributed by atoms with Crippen LogP contribution < -0.4 is 0 Å². The van der Waals surface area contributed by atoms with E-state index in [9.17, 15) is 9.18 Å². The summed E-state index contributed by atoms with van der Waals surface area (Å²) in [5, 5.41) is 0. The molecular weight excluding hydrogens is 333 g/mol. The molecule has 0 radical (unpaired) electrons. The fraction of sp³-hybridized carbons (Fsp3) is 0.286. The van der Waals surface area contributed by atoms with Gasteiger partial charge in [0, 0.05) is 11.7 Å². The number of nitrogens with zero attached hydrogens (tertiary/aromatic N) is 1. The second-order valence-corrected chi connectivity index (χ2v) is 6.17. The second kappa shape index (κ2) is 7.70. The molecule has 0 amide bonds. The van der Waals surface area contributed by atoms with Crippen molar-refractivity contribution in [3.8, 4) is 0 Å². The number of fused-ring (bicyclic) bond motifs is 1. The number of benzene rings is 1. The van der Waals surface area contributed by atoms with Crippen molar-refractivity contribution < 1.29 is 18.7 Å². The number of pyridine rings is 1. The van der Waals surface area contributed by atoms with Crippen LogP contribution in [0, 0.1) is 12.7 Å². The number of carbonyl (C=O) groups excluding carboxylic acids is 1. The molecule has 1 aromatic carbocycles. The first-order valence-corrected chi connectivity index (χ1v) is 8.65. The van der Waals surface area contributed by atoms with Gasteiger partial charge in [0.25, 0.3) is 0 Å². The van der Waals surface area contributed by atoms with Gasteiger partial charge in [0.1, 0.15) is 5.82 Å². The van der Waals surface area contributed by atoms with E-state index in [1.807, 2.05) is 42.6 Å². The summed E-state index contributed by atoms with van der Waals surface area (Å²) >= 11 is 0. The lowest BCUT2D eigenvalue weighted by Crippen LogP contribution is -2.14. The highest BCUT2D eigenvalue weighted by molar-refractivity contribution is 5.92. The zero-order valence-corrected chi connectivity index (χ0v) is 15.2. The Morgan fingerprint density at radius 3 is 2.65 bits per heavy atom. The minimum atomic E-state index is -0.333. The number of hydrogen-bond donors (Lipinski definition) is 0. The van der Waals surface area contributed by atoms with Crippen molar-refractivity contribution in [2.75, 3.05) is 6.61 Å². The van der Waals surface area contributed by atoms with E-state index in [-0.39, 0.29) is 17.9 Å². The van der Waals surface area contributed by atoms with Crippen LogP contribution >= 0.6 is 0 Å². The lowest BCUT2D eigenvalue weighted by molar-refractivity contribution is 0.0475. The van der Waals surface area contributed by atoms with Crippen molar-refractivity contribution in [3.05, 3.63) is 76.9 Å². The van der Waals surface area contributed by atoms with Gasteiger partial charge >= 0.3 is 5.97 Å². The average molecular weight is 355 g/mol. The topological polar surface area (TPSA) is 39.9 Å². The number of hydrogen-bond acceptors (Lipinski definition) is 3. The second-order valence-electron chi connectivity index (χ2n) is 6.17. The summed E-state index contributed by atoms with van der Waals surface area (Å²) in [6, 6.07) is 12.0. The number of rotatable bonds is 6. The monoisotopic (exact) mass is 355 g/mol. The van der Waals surface area contributed by atoms with Gasteiger partial charge in [0.15, 0.2) is 0 Å². The van der Waals surface area contributed by atoms with Gasteiger partial charge in [-0.25, -0.2) is 9.18 Å². The van der Waals surface area contributed by atoms with Crippen LogP contribution in [0.4, 0.5) is 4.39 Å². The zero-order valence-electron chi connectivity index (χ0n) is 15.2. The van der Waals surface area contributed by atoms with Crippen LogP contribution in [0.5, 0.6) is 0 Å². The van der Waals surface area contributed by atoms with E-state index in [1.54, 1.807) is 19.1 Å². The van der Waals surface area contributed by atoms with Crippen LogP contribution in [-0.2, 0) is 16.1 Å². The quantitative estimate of drug-likeness (QED) is 0.594. The molecule has 2 aromatic heterocycles. The van der Waals surface area contributed by atoms with E-state index in [2.05, 4.69) is 0 Å². The van der Waals surface area contributed by atoms with Crippen LogP contribution in [-0.4, -0.2) is 17.0 Å².